The molecule has 1 saturated carbocycles. The molecule has 0 heterocycles. The normalized spacial score (nSPS) is 14.2. The molecule has 4 rings (SSSR count). The Morgan fingerprint density at radius 1 is 0.793 bits per heavy atom. The van der Waals surface area contributed by atoms with E-state index in [4.69, 9.17) is 9.47 Å². The van der Waals surface area contributed by atoms with Crippen molar-refractivity contribution in [2.45, 2.75) is 37.9 Å². The van der Waals surface area contributed by atoms with Crippen LogP contribution in [-0.4, -0.2) is 11.1 Å². The molecule has 0 radical (unpaired) electrons. The number of ether oxygens (including phenoxy) is 2. The quantitative estimate of drug-likeness (QED) is 0.537. The van der Waals surface area contributed by atoms with Crippen LogP contribution in [0, 0.1) is 0 Å². The van der Waals surface area contributed by atoms with Crippen molar-refractivity contribution in [1.29, 1.82) is 0 Å². The average Bonchev–Trinajstić information content (AvgIpc) is 3.52. The van der Waals surface area contributed by atoms with Crippen LogP contribution < -0.4 is 9.47 Å². The van der Waals surface area contributed by atoms with Crippen LogP contribution in [0.3, 0.4) is 0 Å². The first-order valence-electron chi connectivity index (χ1n) is 9.85. The van der Waals surface area contributed by atoms with Crippen LogP contribution in [0.2, 0.25) is 0 Å². The highest BCUT2D eigenvalue weighted by molar-refractivity contribution is 5.71. The van der Waals surface area contributed by atoms with E-state index in [2.05, 4.69) is 0 Å². The van der Waals surface area contributed by atoms with Gasteiger partial charge in [0.05, 0.1) is 6.42 Å². The molecule has 29 heavy (non-hydrogen) atoms. The molecule has 0 bridgehead atoms. The summed E-state index contributed by atoms with van der Waals surface area (Å²) in [6.45, 7) is 0.834. The number of hydrogen-bond acceptors (Lipinski definition) is 3. The number of carboxylic acids is 1. The Labute approximate surface area is 170 Å². The number of para-hydroxylation sites is 1. The van der Waals surface area contributed by atoms with Crippen LogP contribution in [-0.2, 0) is 23.4 Å². The largest absolute Gasteiger partial charge is 0.485 e. The second kappa shape index (κ2) is 8.39. The summed E-state index contributed by atoms with van der Waals surface area (Å²) in [5.74, 6) is 0.525. The SMILES string of the molecule is O=C(O)CC1(c2cccc(OCc3ccccc3)c2OCc2ccccc2)CC1. The summed E-state index contributed by atoms with van der Waals surface area (Å²) in [5.41, 5.74) is 2.70. The topological polar surface area (TPSA) is 55.8 Å². The fraction of sp³-hybridized carbons (Fsp3) is 0.240. The molecule has 148 valence electrons. The lowest BCUT2D eigenvalue weighted by Gasteiger charge is -2.21. The minimum absolute atomic E-state index is 0.108. The first kappa shape index (κ1) is 19.1. The molecule has 0 amide bonds. The lowest BCUT2D eigenvalue weighted by atomic mass is 9.91. The summed E-state index contributed by atoms with van der Waals surface area (Å²) in [6.07, 6.45) is 1.81. The number of hydrogen-bond donors (Lipinski definition) is 1. The first-order valence-corrected chi connectivity index (χ1v) is 9.85. The maximum atomic E-state index is 11.4. The molecule has 0 spiro atoms. The van der Waals surface area contributed by atoms with E-state index in [1.54, 1.807) is 0 Å². The molecular weight excluding hydrogens is 364 g/mol. The van der Waals surface area contributed by atoms with Crippen LogP contribution in [0.25, 0.3) is 0 Å². The van der Waals surface area contributed by atoms with Crippen molar-refractivity contribution in [2.24, 2.45) is 0 Å². The molecule has 0 aliphatic heterocycles. The zero-order valence-corrected chi connectivity index (χ0v) is 16.2. The van der Waals surface area contributed by atoms with Gasteiger partial charge in [-0.05, 0) is 30.0 Å². The second-order valence-corrected chi connectivity index (χ2v) is 7.53. The molecule has 3 aromatic rings. The van der Waals surface area contributed by atoms with E-state index in [1.165, 1.54) is 0 Å². The molecular formula is C25H24O4. The fourth-order valence-electron chi connectivity index (χ4n) is 3.64. The summed E-state index contributed by atoms with van der Waals surface area (Å²) >= 11 is 0. The Balaban J connectivity index is 1.62. The highest BCUT2D eigenvalue weighted by Crippen LogP contribution is 2.55. The minimum Gasteiger partial charge on any atom is -0.485 e. The van der Waals surface area contributed by atoms with Gasteiger partial charge in [-0.2, -0.15) is 0 Å². The zero-order chi connectivity index (χ0) is 20.1. The first-order chi connectivity index (χ1) is 14.2. The highest BCUT2D eigenvalue weighted by atomic mass is 16.5. The molecule has 0 atom stereocenters. The molecule has 1 fully saturated rings. The molecule has 4 nitrogen and oxygen atoms in total. The third-order valence-electron chi connectivity index (χ3n) is 5.36. The molecule has 1 aliphatic rings. The van der Waals surface area contributed by atoms with Crippen molar-refractivity contribution in [1.82, 2.24) is 0 Å². The molecule has 1 N–H and O–H groups in total. The van der Waals surface area contributed by atoms with Gasteiger partial charge in [0.15, 0.2) is 11.5 Å². The monoisotopic (exact) mass is 388 g/mol. The number of carbonyl (C=O) groups is 1. The van der Waals surface area contributed by atoms with Crippen molar-refractivity contribution in [3.63, 3.8) is 0 Å². The Bertz CT molecular complexity index is 963. The van der Waals surface area contributed by atoms with Crippen molar-refractivity contribution in [3.8, 4) is 11.5 Å². The van der Waals surface area contributed by atoms with Gasteiger partial charge in [-0.3, -0.25) is 4.79 Å². The van der Waals surface area contributed by atoms with E-state index in [0.717, 1.165) is 29.5 Å². The molecule has 4 heteroatoms. The van der Waals surface area contributed by atoms with Gasteiger partial charge in [0.1, 0.15) is 13.2 Å². The Kier molecular flexibility index (Phi) is 5.52. The van der Waals surface area contributed by atoms with E-state index in [0.29, 0.717) is 24.7 Å². The Morgan fingerprint density at radius 3 is 1.93 bits per heavy atom. The van der Waals surface area contributed by atoms with Gasteiger partial charge >= 0.3 is 5.97 Å². The number of rotatable bonds is 9. The van der Waals surface area contributed by atoms with E-state index in [9.17, 15) is 9.90 Å². The molecule has 3 aromatic carbocycles. The van der Waals surface area contributed by atoms with Crippen LogP contribution in [0.5, 0.6) is 11.5 Å². The smallest absolute Gasteiger partial charge is 0.304 e. The minimum atomic E-state index is -0.785. The second-order valence-electron chi connectivity index (χ2n) is 7.53. The molecule has 0 saturated heterocycles. The van der Waals surface area contributed by atoms with Gasteiger partial charge in [-0.1, -0.05) is 72.8 Å². The lowest BCUT2D eigenvalue weighted by Crippen LogP contribution is -2.15. The predicted octanol–water partition coefficient (Wildman–Crippen LogP) is 5.35. The number of carboxylic acid groups (broad SMARTS) is 1. The van der Waals surface area contributed by atoms with E-state index >= 15 is 0 Å². The molecule has 1 aliphatic carbocycles. The van der Waals surface area contributed by atoms with Gasteiger partial charge in [0.25, 0.3) is 0 Å². The number of benzene rings is 3. The third-order valence-corrected chi connectivity index (χ3v) is 5.36. The van der Waals surface area contributed by atoms with E-state index in [-0.39, 0.29) is 11.8 Å². The Morgan fingerprint density at radius 2 is 1.38 bits per heavy atom. The molecule has 0 unspecified atom stereocenters. The van der Waals surface area contributed by atoms with Crippen molar-refractivity contribution < 1.29 is 19.4 Å². The Hall–Kier alpha value is -3.27. The van der Waals surface area contributed by atoms with Crippen LogP contribution in [0.15, 0.2) is 78.9 Å². The van der Waals surface area contributed by atoms with Crippen molar-refractivity contribution in [2.75, 3.05) is 0 Å². The van der Waals surface area contributed by atoms with Crippen LogP contribution in [0.1, 0.15) is 36.0 Å². The summed E-state index contributed by atoms with van der Waals surface area (Å²) < 4.78 is 12.3. The molecule has 0 aromatic heterocycles. The van der Waals surface area contributed by atoms with Crippen LogP contribution in [0.4, 0.5) is 0 Å². The summed E-state index contributed by atoms with van der Waals surface area (Å²) in [5, 5.41) is 9.40. The summed E-state index contributed by atoms with van der Waals surface area (Å²) in [4.78, 5) is 11.4. The maximum Gasteiger partial charge on any atom is 0.304 e. The summed E-state index contributed by atoms with van der Waals surface area (Å²) in [6, 6.07) is 25.7. The van der Waals surface area contributed by atoms with E-state index in [1.807, 2.05) is 78.9 Å². The van der Waals surface area contributed by atoms with Gasteiger partial charge in [0, 0.05) is 11.0 Å². The van der Waals surface area contributed by atoms with Gasteiger partial charge in [-0.15, -0.1) is 0 Å². The highest BCUT2D eigenvalue weighted by Gasteiger charge is 2.48. The van der Waals surface area contributed by atoms with Gasteiger partial charge in [0.2, 0.25) is 0 Å². The van der Waals surface area contributed by atoms with E-state index < -0.39 is 5.97 Å². The average molecular weight is 388 g/mol. The van der Waals surface area contributed by atoms with Gasteiger partial charge < -0.3 is 14.6 Å². The fourth-order valence-corrected chi connectivity index (χ4v) is 3.64. The number of aliphatic carboxylic acids is 1. The summed E-state index contributed by atoms with van der Waals surface area (Å²) in [7, 11) is 0. The predicted molar refractivity (Wildman–Crippen MR) is 111 cm³/mol. The maximum absolute atomic E-state index is 11.4. The standard InChI is InChI=1S/C25H24O4/c26-23(27)16-25(14-15-25)21-12-7-13-22(28-17-19-8-3-1-4-9-19)24(21)29-18-20-10-5-2-6-11-20/h1-13H,14-18H2,(H,26,27). The van der Waals surface area contributed by atoms with Crippen molar-refractivity contribution in [3.05, 3.63) is 95.6 Å². The van der Waals surface area contributed by atoms with Crippen LogP contribution >= 0.6 is 0 Å². The van der Waals surface area contributed by atoms with Crippen molar-refractivity contribution >= 4 is 5.97 Å². The zero-order valence-electron chi connectivity index (χ0n) is 16.2. The third kappa shape index (κ3) is 4.60. The van der Waals surface area contributed by atoms with Gasteiger partial charge in [-0.25, -0.2) is 0 Å². The lowest BCUT2D eigenvalue weighted by molar-refractivity contribution is -0.137.